The molecule has 1 saturated carbocycles. The summed E-state index contributed by atoms with van der Waals surface area (Å²) in [7, 11) is 1.57. The van der Waals surface area contributed by atoms with E-state index in [1.807, 2.05) is 6.07 Å². The Morgan fingerprint density at radius 1 is 1.42 bits per heavy atom. The summed E-state index contributed by atoms with van der Waals surface area (Å²) in [4.78, 5) is 22.2. The van der Waals surface area contributed by atoms with Crippen LogP contribution in [0, 0.1) is 17.1 Å². The van der Waals surface area contributed by atoms with Gasteiger partial charge in [0.05, 0.1) is 23.7 Å². The molecule has 1 aliphatic carbocycles. The van der Waals surface area contributed by atoms with Crippen molar-refractivity contribution in [1.29, 1.82) is 5.26 Å². The van der Waals surface area contributed by atoms with Crippen molar-refractivity contribution in [3.63, 3.8) is 0 Å². The average Bonchev–Trinajstić information content (AvgIpc) is 3.20. The number of aromatic nitrogens is 5. The minimum atomic E-state index is -0.759. The van der Waals surface area contributed by atoms with E-state index in [0.29, 0.717) is 11.4 Å². The number of benzene rings is 1. The van der Waals surface area contributed by atoms with E-state index in [4.69, 9.17) is 9.26 Å². The second-order valence-corrected chi connectivity index (χ2v) is 7.54. The Morgan fingerprint density at radius 2 is 2.19 bits per heavy atom. The predicted molar refractivity (Wildman–Crippen MR) is 105 cm³/mol. The molecule has 0 spiro atoms. The van der Waals surface area contributed by atoms with E-state index >= 15 is 0 Å². The zero-order chi connectivity index (χ0) is 21.9. The second-order valence-electron chi connectivity index (χ2n) is 7.54. The summed E-state index contributed by atoms with van der Waals surface area (Å²) in [5, 5.41) is 23.2. The smallest absolute Gasteiger partial charge is 0.278 e. The molecular weight excluding hydrogens is 407 g/mol. The molecule has 1 aromatic carbocycles. The van der Waals surface area contributed by atoms with Gasteiger partial charge in [-0.05, 0) is 31.9 Å². The molecule has 0 amide bonds. The van der Waals surface area contributed by atoms with Gasteiger partial charge in [-0.15, -0.1) is 0 Å². The van der Waals surface area contributed by atoms with Gasteiger partial charge in [-0.1, -0.05) is 5.16 Å². The number of ether oxygens (including phenoxy) is 1. The number of fused-ring (bicyclic) bond motifs is 3. The van der Waals surface area contributed by atoms with Crippen LogP contribution in [0.25, 0.3) is 28.1 Å². The van der Waals surface area contributed by atoms with Crippen molar-refractivity contribution in [2.24, 2.45) is 0 Å². The van der Waals surface area contributed by atoms with Crippen LogP contribution in [0.2, 0.25) is 0 Å². The Labute approximate surface area is 174 Å². The number of halogens is 1. The van der Waals surface area contributed by atoms with E-state index < -0.39 is 29.6 Å². The third-order valence-corrected chi connectivity index (χ3v) is 5.73. The van der Waals surface area contributed by atoms with Gasteiger partial charge in [0.2, 0.25) is 5.82 Å². The van der Waals surface area contributed by atoms with Gasteiger partial charge in [0.25, 0.3) is 11.4 Å². The SMILES string of the molecule is COC1(c2nc(-c3ncn4c3c(=O)n(C(C)CO)c3c(C#N)c(F)ccc34)no2)CC1. The molecule has 11 heteroatoms. The molecule has 31 heavy (non-hydrogen) atoms. The van der Waals surface area contributed by atoms with Crippen molar-refractivity contribution >= 4 is 16.6 Å². The first-order valence-corrected chi connectivity index (χ1v) is 9.60. The number of hydrogen-bond donors (Lipinski definition) is 1. The van der Waals surface area contributed by atoms with Crippen LogP contribution >= 0.6 is 0 Å². The molecule has 0 bridgehead atoms. The molecule has 0 radical (unpaired) electrons. The Balaban J connectivity index is 1.84. The topological polar surface area (TPSA) is 131 Å². The first kappa shape index (κ1) is 19.3. The zero-order valence-corrected chi connectivity index (χ0v) is 16.7. The van der Waals surface area contributed by atoms with Crippen LogP contribution in [-0.2, 0) is 10.3 Å². The van der Waals surface area contributed by atoms with E-state index in [1.165, 1.54) is 21.4 Å². The fourth-order valence-electron chi connectivity index (χ4n) is 3.84. The molecule has 1 unspecified atom stereocenters. The molecule has 0 aliphatic heterocycles. The van der Waals surface area contributed by atoms with Crippen LogP contribution in [0.4, 0.5) is 4.39 Å². The van der Waals surface area contributed by atoms with E-state index in [2.05, 4.69) is 15.1 Å². The van der Waals surface area contributed by atoms with Crippen molar-refractivity contribution in [1.82, 2.24) is 24.1 Å². The largest absolute Gasteiger partial charge is 0.394 e. The Bertz CT molecular complexity index is 1440. The molecule has 158 valence electrons. The Hall–Kier alpha value is -3.62. The monoisotopic (exact) mass is 424 g/mol. The summed E-state index contributed by atoms with van der Waals surface area (Å²) < 4.78 is 27.8. The quantitative estimate of drug-likeness (QED) is 0.514. The van der Waals surface area contributed by atoms with Crippen LogP contribution in [0.15, 0.2) is 27.8 Å². The summed E-state index contributed by atoms with van der Waals surface area (Å²) in [6, 6.07) is 3.70. The lowest BCUT2D eigenvalue weighted by molar-refractivity contribution is 0.0492. The molecular formula is C20H17FN6O4. The molecule has 0 saturated heterocycles. The van der Waals surface area contributed by atoms with Gasteiger partial charge in [-0.2, -0.15) is 10.2 Å². The summed E-state index contributed by atoms with van der Waals surface area (Å²) in [5.74, 6) is -0.335. The van der Waals surface area contributed by atoms with Crippen LogP contribution in [0.1, 0.15) is 37.3 Å². The minimum Gasteiger partial charge on any atom is -0.394 e. The number of hydrogen-bond acceptors (Lipinski definition) is 8. The van der Waals surface area contributed by atoms with Crippen LogP contribution in [0.3, 0.4) is 0 Å². The van der Waals surface area contributed by atoms with Gasteiger partial charge in [0, 0.05) is 7.11 Å². The fraction of sp³-hybridized carbons (Fsp3) is 0.350. The van der Waals surface area contributed by atoms with Crippen LogP contribution in [-0.4, -0.2) is 42.9 Å². The van der Waals surface area contributed by atoms with Crippen molar-refractivity contribution in [2.75, 3.05) is 13.7 Å². The molecule has 5 rings (SSSR count). The van der Waals surface area contributed by atoms with Crippen molar-refractivity contribution in [3.8, 4) is 17.6 Å². The number of rotatable bonds is 5. The molecule has 3 aromatic heterocycles. The maximum Gasteiger partial charge on any atom is 0.278 e. The summed E-state index contributed by atoms with van der Waals surface area (Å²) in [6.45, 7) is 1.21. The van der Waals surface area contributed by atoms with Gasteiger partial charge in [0.15, 0.2) is 0 Å². The number of aliphatic hydroxyl groups is 1. The number of aliphatic hydroxyl groups excluding tert-OH is 1. The normalized spacial score (nSPS) is 16.0. The summed E-state index contributed by atoms with van der Waals surface area (Å²) in [5.41, 5.74) is -0.694. The van der Waals surface area contributed by atoms with E-state index in [9.17, 15) is 19.6 Å². The first-order chi connectivity index (χ1) is 15.0. The number of methoxy groups -OCH3 is 1. The number of imidazole rings is 1. The van der Waals surface area contributed by atoms with Gasteiger partial charge in [0.1, 0.15) is 40.6 Å². The minimum absolute atomic E-state index is 0.0793. The highest BCUT2D eigenvalue weighted by atomic mass is 19.1. The average molecular weight is 424 g/mol. The Morgan fingerprint density at radius 3 is 2.84 bits per heavy atom. The standard InChI is InChI=1S/C20H17FN6O4/c1-10(8-28)27-15-11(7-22)12(21)3-4-13(15)26-9-23-14(16(26)18(27)29)17-24-19(31-25-17)20(30-2)5-6-20/h3-4,9-10,28H,5-6,8H2,1-2H3. The lowest BCUT2D eigenvalue weighted by Gasteiger charge is -2.18. The third-order valence-electron chi connectivity index (χ3n) is 5.73. The summed E-state index contributed by atoms with van der Waals surface area (Å²) in [6.07, 6.45) is 2.90. The zero-order valence-electron chi connectivity index (χ0n) is 16.7. The van der Waals surface area contributed by atoms with Crippen LogP contribution < -0.4 is 5.56 Å². The number of nitrogens with zero attached hydrogens (tertiary/aromatic N) is 6. The predicted octanol–water partition coefficient (Wildman–Crippen LogP) is 1.90. The van der Waals surface area contributed by atoms with Gasteiger partial charge < -0.3 is 14.4 Å². The molecule has 1 N–H and O–H groups in total. The molecule has 1 aliphatic rings. The maximum absolute atomic E-state index is 14.4. The highest BCUT2D eigenvalue weighted by Gasteiger charge is 2.50. The summed E-state index contributed by atoms with van der Waals surface area (Å²) >= 11 is 0. The van der Waals surface area contributed by atoms with Gasteiger partial charge in [-0.3, -0.25) is 13.8 Å². The van der Waals surface area contributed by atoms with E-state index in [0.717, 1.165) is 18.9 Å². The van der Waals surface area contributed by atoms with Crippen LogP contribution in [0.5, 0.6) is 0 Å². The second kappa shape index (κ2) is 6.69. The molecule has 3 heterocycles. The van der Waals surface area contributed by atoms with Crippen molar-refractivity contribution in [3.05, 3.63) is 46.1 Å². The first-order valence-electron chi connectivity index (χ1n) is 9.60. The van der Waals surface area contributed by atoms with Crippen molar-refractivity contribution in [2.45, 2.75) is 31.4 Å². The fourth-order valence-corrected chi connectivity index (χ4v) is 3.84. The number of nitriles is 1. The molecule has 1 atom stereocenters. The molecule has 1 fully saturated rings. The maximum atomic E-state index is 14.4. The highest BCUT2D eigenvalue weighted by Crippen LogP contribution is 2.48. The van der Waals surface area contributed by atoms with Crippen molar-refractivity contribution < 1.29 is 18.8 Å². The molecule has 4 aromatic rings. The lowest BCUT2D eigenvalue weighted by atomic mass is 10.1. The Kier molecular flexibility index (Phi) is 4.18. The van der Waals surface area contributed by atoms with Gasteiger partial charge in [-0.25, -0.2) is 9.37 Å². The lowest BCUT2D eigenvalue weighted by Crippen LogP contribution is -2.28. The highest BCUT2D eigenvalue weighted by molar-refractivity contribution is 5.87. The van der Waals surface area contributed by atoms with E-state index in [-0.39, 0.29) is 28.1 Å². The van der Waals surface area contributed by atoms with E-state index in [1.54, 1.807) is 14.0 Å². The van der Waals surface area contributed by atoms with Gasteiger partial charge >= 0.3 is 0 Å². The third kappa shape index (κ3) is 2.62. The molecule has 10 nitrogen and oxygen atoms in total.